The molecule has 1 unspecified atom stereocenters. The maximum atomic E-state index is 13.5. The number of benzene rings is 2. The van der Waals surface area contributed by atoms with Crippen molar-refractivity contribution in [2.75, 3.05) is 5.32 Å². The Kier molecular flexibility index (Phi) is 3.17. The Morgan fingerprint density at radius 1 is 1.07 bits per heavy atom. The molecule has 1 spiro atoms. The highest BCUT2D eigenvalue weighted by Crippen LogP contribution is 2.54. The van der Waals surface area contributed by atoms with Crippen LogP contribution in [0.5, 0.6) is 0 Å². The average molecular weight is 383 g/mol. The molecular weight excluding hydrogens is 370 g/mol. The second-order valence-corrected chi connectivity index (χ2v) is 7.11. The van der Waals surface area contributed by atoms with Gasteiger partial charge < -0.3 is 15.8 Å². The number of nitrogens with zero attached hydrogens (tertiary/aromatic N) is 1. The molecule has 2 heterocycles. The summed E-state index contributed by atoms with van der Waals surface area (Å²) in [6.45, 7) is 1.83. The van der Waals surface area contributed by atoms with E-state index >= 15 is 0 Å². The minimum atomic E-state index is -1.84. The predicted octanol–water partition coefficient (Wildman–Crippen LogP) is 2.24. The lowest BCUT2D eigenvalue weighted by Gasteiger charge is -2.36. The van der Waals surface area contributed by atoms with Crippen molar-refractivity contribution in [2.45, 2.75) is 12.3 Å². The number of ether oxygens (including phenoxy) is 1. The van der Waals surface area contributed by atoms with E-state index in [1.165, 1.54) is 12.1 Å². The second kappa shape index (κ2) is 5.42. The largest absolute Gasteiger partial charge is 0.436 e. The van der Waals surface area contributed by atoms with Crippen LogP contribution in [0.25, 0.3) is 0 Å². The molecule has 29 heavy (non-hydrogen) atoms. The van der Waals surface area contributed by atoms with E-state index in [1.807, 2.05) is 13.0 Å². The van der Waals surface area contributed by atoms with E-state index in [2.05, 4.69) is 5.32 Å². The van der Waals surface area contributed by atoms with Crippen molar-refractivity contribution in [1.29, 1.82) is 5.26 Å². The monoisotopic (exact) mass is 383 g/mol. The molecule has 2 aliphatic heterocycles. The Balaban J connectivity index is 1.93. The molecule has 7 heteroatoms. The summed E-state index contributed by atoms with van der Waals surface area (Å²) in [4.78, 5) is 40.0. The summed E-state index contributed by atoms with van der Waals surface area (Å²) in [5.41, 5.74) is 5.77. The molecule has 140 valence electrons. The lowest BCUT2D eigenvalue weighted by molar-refractivity contribution is -0.118. The van der Waals surface area contributed by atoms with Gasteiger partial charge in [0.15, 0.2) is 11.5 Å². The molecule has 3 N–H and O–H groups in total. The van der Waals surface area contributed by atoms with Crippen molar-refractivity contribution in [3.05, 3.63) is 87.5 Å². The van der Waals surface area contributed by atoms with E-state index in [0.717, 1.165) is 5.56 Å². The lowest BCUT2D eigenvalue weighted by Crippen LogP contribution is -2.48. The van der Waals surface area contributed by atoms with Crippen LogP contribution < -0.4 is 11.1 Å². The average Bonchev–Trinajstić information content (AvgIpc) is 2.98. The van der Waals surface area contributed by atoms with Crippen LogP contribution in [-0.4, -0.2) is 17.5 Å². The molecule has 2 aromatic carbocycles. The molecule has 2 aromatic rings. The molecule has 0 fully saturated rings. The van der Waals surface area contributed by atoms with Gasteiger partial charge in [0.2, 0.25) is 17.6 Å². The van der Waals surface area contributed by atoms with E-state index in [0.29, 0.717) is 11.3 Å². The fourth-order valence-corrected chi connectivity index (χ4v) is 4.31. The van der Waals surface area contributed by atoms with Gasteiger partial charge in [-0.1, -0.05) is 42.0 Å². The molecule has 1 atom stereocenters. The van der Waals surface area contributed by atoms with Crippen LogP contribution in [0.1, 0.15) is 31.8 Å². The highest BCUT2D eigenvalue weighted by atomic mass is 16.5. The van der Waals surface area contributed by atoms with Crippen molar-refractivity contribution in [3.8, 4) is 6.07 Å². The quantitative estimate of drug-likeness (QED) is 0.719. The molecule has 3 aliphatic rings. The minimum absolute atomic E-state index is 0.158. The predicted molar refractivity (Wildman–Crippen MR) is 102 cm³/mol. The SMILES string of the molecule is Cc1ccc2c(c1)C1(C(=O)N2)C(C#N)=C(N)OC2=C1C(=O)c1ccccc1C2=O. The zero-order chi connectivity index (χ0) is 20.5. The summed E-state index contributed by atoms with van der Waals surface area (Å²) in [5.74, 6) is -2.39. The number of allylic oxidation sites excluding steroid dienone is 1. The first-order valence-corrected chi connectivity index (χ1v) is 8.85. The Hall–Kier alpha value is -4.18. The summed E-state index contributed by atoms with van der Waals surface area (Å²) in [7, 11) is 0. The Morgan fingerprint density at radius 3 is 2.45 bits per heavy atom. The number of ketones is 2. The number of fused-ring (bicyclic) bond motifs is 4. The van der Waals surface area contributed by atoms with Gasteiger partial charge in [0.1, 0.15) is 17.1 Å². The fourth-order valence-electron chi connectivity index (χ4n) is 4.31. The van der Waals surface area contributed by atoms with Crippen LogP contribution in [0.15, 0.2) is 65.3 Å². The van der Waals surface area contributed by atoms with Crippen LogP contribution >= 0.6 is 0 Å². The van der Waals surface area contributed by atoms with Gasteiger partial charge in [-0.05, 0) is 13.0 Å². The van der Waals surface area contributed by atoms with Gasteiger partial charge in [0.25, 0.3) is 0 Å². The lowest BCUT2D eigenvalue weighted by atomic mass is 9.64. The first-order chi connectivity index (χ1) is 13.9. The van der Waals surface area contributed by atoms with E-state index in [4.69, 9.17) is 10.5 Å². The molecule has 0 aromatic heterocycles. The van der Waals surface area contributed by atoms with Crippen LogP contribution in [0.3, 0.4) is 0 Å². The van der Waals surface area contributed by atoms with Crippen LogP contribution in [-0.2, 0) is 14.9 Å². The van der Waals surface area contributed by atoms with Crippen molar-refractivity contribution in [2.24, 2.45) is 5.73 Å². The number of Topliss-reactive ketones (excluding diaryl/α,β-unsaturated/α-hetero) is 2. The normalized spacial score (nSPS) is 22.0. The standard InChI is InChI=1S/C22H13N3O4/c1-10-6-7-15-13(8-10)22(21(28)25-15)14(9-23)20(24)29-19-16(22)17(26)11-4-2-3-5-12(11)18(19)27/h2-8H,24H2,1H3,(H,25,28). The number of hydrogen-bond acceptors (Lipinski definition) is 6. The number of nitriles is 1. The maximum Gasteiger partial charge on any atom is 0.245 e. The zero-order valence-corrected chi connectivity index (χ0v) is 15.2. The van der Waals surface area contributed by atoms with E-state index < -0.39 is 22.9 Å². The molecule has 1 aliphatic carbocycles. The smallest absolute Gasteiger partial charge is 0.245 e. The van der Waals surface area contributed by atoms with Crippen LogP contribution in [0, 0.1) is 18.3 Å². The molecule has 0 radical (unpaired) electrons. The molecular formula is C22H13N3O4. The Labute approximate surface area is 165 Å². The van der Waals surface area contributed by atoms with Crippen molar-refractivity contribution < 1.29 is 19.1 Å². The van der Waals surface area contributed by atoms with E-state index in [-0.39, 0.29) is 33.9 Å². The second-order valence-electron chi connectivity index (χ2n) is 7.11. The Morgan fingerprint density at radius 2 is 1.76 bits per heavy atom. The summed E-state index contributed by atoms with van der Waals surface area (Å²) >= 11 is 0. The third-order valence-electron chi connectivity index (χ3n) is 5.56. The first-order valence-electron chi connectivity index (χ1n) is 8.85. The number of hydrogen-bond donors (Lipinski definition) is 2. The molecule has 0 saturated heterocycles. The van der Waals surface area contributed by atoms with Crippen molar-refractivity contribution in [3.63, 3.8) is 0 Å². The zero-order valence-electron chi connectivity index (χ0n) is 15.2. The summed E-state index contributed by atoms with van der Waals surface area (Å²) in [6.07, 6.45) is 0. The van der Waals surface area contributed by atoms with Gasteiger partial charge in [-0.25, -0.2) is 0 Å². The Bertz CT molecular complexity index is 1300. The van der Waals surface area contributed by atoms with Crippen LogP contribution in [0.2, 0.25) is 0 Å². The molecule has 1 amide bonds. The molecule has 7 nitrogen and oxygen atoms in total. The number of rotatable bonds is 0. The highest BCUT2D eigenvalue weighted by molar-refractivity contribution is 6.31. The molecule has 5 rings (SSSR count). The number of anilines is 1. The van der Waals surface area contributed by atoms with Gasteiger partial charge in [0.05, 0.1) is 5.57 Å². The number of aryl methyl sites for hydroxylation is 1. The van der Waals surface area contributed by atoms with Gasteiger partial charge >= 0.3 is 0 Å². The number of carbonyl (C=O) groups excluding carboxylic acids is 3. The summed E-state index contributed by atoms with van der Waals surface area (Å²) in [5, 5.41) is 12.6. The topological polar surface area (TPSA) is 122 Å². The van der Waals surface area contributed by atoms with E-state index in [9.17, 15) is 19.6 Å². The summed E-state index contributed by atoms with van der Waals surface area (Å²) in [6, 6.07) is 13.5. The number of amides is 1. The number of carbonyl (C=O) groups is 3. The molecule has 0 saturated carbocycles. The van der Waals surface area contributed by atoms with Gasteiger partial charge in [0, 0.05) is 22.4 Å². The van der Waals surface area contributed by atoms with Gasteiger partial charge in [-0.3, -0.25) is 14.4 Å². The minimum Gasteiger partial charge on any atom is -0.436 e. The molecule has 0 bridgehead atoms. The third-order valence-corrected chi connectivity index (χ3v) is 5.56. The summed E-state index contributed by atoms with van der Waals surface area (Å²) < 4.78 is 5.48. The van der Waals surface area contributed by atoms with Gasteiger partial charge in [-0.15, -0.1) is 0 Å². The number of nitrogens with two attached hydrogens (primary N) is 1. The number of nitrogens with one attached hydrogen (secondary N) is 1. The first kappa shape index (κ1) is 17.0. The maximum absolute atomic E-state index is 13.5. The fraction of sp³-hybridized carbons (Fsp3) is 0.0909. The highest BCUT2D eigenvalue weighted by Gasteiger charge is 2.61. The van der Waals surface area contributed by atoms with Gasteiger partial charge in [-0.2, -0.15) is 5.26 Å². The third kappa shape index (κ3) is 1.87. The van der Waals surface area contributed by atoms with Crippen molar-refractivity contribution >= 4 is 23.2 Å². The van der Waals surface area contributed by atoms with Crippen molar-refractivity contribution in [1.82, 2.24) is 0 Å². The van der Waals surface area contributed by atoms with E-state index in [1.54, 1.807) is 30.3 Å². The van der Waals surface area contributed by atoms with Crippen LogP contribution in [0.4, 0.5) is 5.69 Å².